The number of hydrogen-bond donors (Lipinski definition) is 1. The van der Waals surface area contributed by atoms with E-state index >= 15 is 0 Å². The lowest BCUT2D eigenvalue weighted by Crippen LogP contribution is -2.48. The van der Waals surface area contributed by atoms with Crippen LogP contribution in [0.15, 0.2) is 48.5 Å². The second-order valence-corrected chi connectivity index (χ2v) is 7.83. The standard InChI is InChI=1S/C24H29FN4O3/c1-3-11-29(18(2)30)17-23(31)26-21-7-9-22(10-8-21)27-12-14-28(15-13-27)24(32)19-5-4-6-20(25)16-19/h4-10,16H,3,11-15,17H2,1-2H3,(H,26,31). The first-order valence-corrected chi connectivity index (χ1v) is 10.8. The first-order valence-electron chi connectivity index (χ1n) is 10.8. The molecule has 0 radical (unpaired) electrons. The Labute approximate surface area is 187 Å². The summed E-state index contributed by atoms with van der Waals surface area (Å²) in [6.45, 7) is 6.43. The Morgan fingerprint density at radius 2 is 1.72 bits per heavy atom. The van der Waals surface area contributed by atoms with Crippen LogP contribution in [0.1, 0.15) is 30.6 Å². The Bertz CT molecular complexity index is 956. The van der Waals surface area contributed by atoms with Crippen LogP contribution in [-0.2, 0) is 9.59 Å². The van der Waals surface area contributed by atoms with E-state index in [0.717, 1.165) is 12.1 Å². The lowest BCUT2D eigenvalue weighted by molar-refractivity contribution is -0.132. The van der Waals surface area contributed by atoms with Crippen LogP contribution in [0.4, 0.5) is 15.8 Å². The van der Waals surface area contributed by atoms with Crippen molar-refractivity contribution in [3.63, 3.8) is 0 Å². The van der Waals surface area contributed by atoms with E-state index in [1.54, 1.807) is 17.0 Å². The maximum absolute atomic E-state index is 13.4. The number of carbonyl (C=O) groups excluding carboxylic acids is 3. The van der Waals surface area contributed by atoms with Crippen LogP contribution in [0.2, 0.25) is 0 Å². The number of amides is 3. The predicted octanol–water partition coefficient (Wildman–Crippen LogP) is 2.99. The summed E-state index contributed by atoms with van der Waals surface area (Å²) in [6.07, 6.45) is 0.794. The summed E-state index contributed by atoms with van der Waals surface area (Å²) in [5, 5.41) is 2.83. The van der Waals surface area contributed by atoms with Gasteiger partial charge < -0.3 is 20.0 Å². The fraction of sp³-hybridized carbons (Fsp3) is 0.375. The fourth-order valence-corrected chi connectivity index (χ4v) is 3.72. The average Bonchev–Trinajstić information content (AvgIpc) is 2.79. The van der Waals surface area contributed by atoms with Crippen molar-refractivity contribution in [2.24, 2.45) is 0 Å². The van der Waals surface area contributed by atoms with Gasteiger partial charge in [0.05, 0.1) is 6.54 Å². The van der Waals surface area contributed by atoms with Crippen LogP contribution in [0.5, 0.6) is 0 Å². The molecule has 0 aromatic heterocycles. The van der Waals surface area contributed by atoms with Gasteiger partial charge in [0.25, 0.3) is 5.91 Å². The molecule has 1 aliphatic heterocycles. The van der Waals surface area contributed by atoms with E-state index in [-0.39, 0.29) is 24.3 Å². The molecule has 1 heterocycles. The Hall–Kier alpha value is -3.42. The summed E-state index contributed by atoms with van der Waals surface area (Å²) in [5.74, 6) is -0.927. The lowest BCUT2D eigenvalue weighted by Gasteiger charge is -2.36. The maximum Gasteiger partial charge on any atom is 0.254 e. The van der Waals surface area contributed by atoms with E-state index in [1.807, 2.05) is 31.2 Å². The minimum atomic E-state index is -0.416. The molecule has 7 nitrogen and oxygen atoms in total. The van der Waals surface area contributed by atoms with E-state index in [0.29, 0.717) is 44.0 Å². The molecule has 3 amide bonds. The van der Waals surface area contributed by atoms with Crippen molar-refractivity contribution < 1.29 is 18.8 Å². The molecule has 2 aromatic rings. The van der Waals surface area contributed by atoms with Crippen LogP contribution < -0.4 is 10.2 Å². The molecule has 0 saturated carbocycles. The van der Waals surface area contributed by atoms with Gasteiger partial charge in [-0.25, -0.2) is 4.39 Å². The third kappa shape index (κ3) is 6.06. The Balaban J connectivity index is 1.52. The van der Waals surface area contributed by atoms with Crippen LogP contribution >= 0.6 is 0 Å². The molecule has 1 fully saturated rings. The van der Waals surface area contributed by atoms with E-state index in [1.165, 1.54) is 24.0 Å². The van der Waals surface area contributed by atoms with Gasteiger partial charge in [-0.05, 0) is 48.9 Å². The summed E-state index contributed by atoms with van der Waals surface area (Å²) in [7, 11) is 0. The molecular formula is C24H29FN4O3. The number of anilines is 2. The third-order valence-corrected chi connectivity index (χ3v) is 5.43. The van der Waals surface area contributed by atoms with Crippen molar-refractivity contribution in [2.45, 2.75) is 20.3 Å². The lowest BCUT2D eigenvalue weighted by atomic mass is 10.1. The highest BCUT2D eigenvalue weighted by Gasteiger charge is 2.22. The summed E-state index contributed by atoms with van der Waals surface area (Å²) >= 11 is 0. The molecular weight excluding hydrogens is 411 g/mol. The second kappa shape index (κ2) is 10.7. The predicted molar refractivity (Wildman–Crippen MR) is 122 cm³/mol. The number of benzene rings is 2. The van der Waals surface area contributed by atoms with Crippen molar-refractivity contribution in [3.05, 3.63) is 59.9 Å². The highest BCUT2D eigenvalue weighted by Crippen LogP contribution is 2.20. The van der Waals surface area contributed by atoms with E-state index in [2.05, 4.69) is 10.2 Å². The van der Waals surface area contributed by atoms with Crippen LogP contribution in [-0.4, -0.2) is 66.8 Å². The first-order chi connectivity index (χ1) is 15.4. The zero-order valence-electron chi connectivity index (χ0n) is 18.5. The van der Waals surface area contributed by atoms with Crippen LogP contribution in [0.3, 0.4) is 0 Å². The molecule has 32 heavy (non-hydrogen) atoms. The number of carbonyl (C=O) groups is 3. The van der Waals surface area contributed by atoms with Crippen molar-refractivity contribution in [1.82, 2.24) is 9.80 Å². The highest BCUT2D eigenvalue weighted by molar-refractivity contribution is 5.95. The van der Waals surface area contributed by atoms with Crippen molar-refractivity contribution in [3.8, 4) is 0 Å². The molecule has 0 spiro atoms. The monoisotopic (exact) mass is 440 g/mol. The summed E-state index contributed by atoms with van der Waals surface area (Å²) < 4.78 is 13.4. The molecule has 0 atom stereocenters. The van der Waals surface area contributed by atoms with Crippen molar-refractivity contribution in [2.75, 3.05) is 49.5 Å². The number of nitrogens with one attached hydrogen (secondary N) is 1. The van der Waals surface area contributed by atoms with Crippen LogP contribution in [0, 0.1) is 5.82 Å². The summed E-state index contributed by atoms with van der Waals surface area (Å²) in [4.78, 5) is 41.9. The summed E-state index contributed by atoms with van der Waals surface area (Å²) in [5.41, 5.74) is 2.02. The van der Waals surface area contributed by atoms with Gasteiger partial charge in [0, 0.05) is 56.6 Å². The summed E-state index contributed by atoms with van der Waals surface area (Å²) in [6, 6.07) is 13.3. The van der Waals surface area contributed by atoms with Crippen LogP contribution in [0.25, 0.3) is 0 Å². The Morgan fingerprint density at radius 3 is 2.31 bits per heavy atom. The van der Waals surface area contributed by atoms with Crippen molar-refractivity contribution >= 4 is 29.1 Å². The minimum Gasteiger partial charge on any atom is -0.368 e. The van der Waals surface area contributed by atoms with Gasteiger partial charge >= 0.3 is 0 Å². The fourth-order valence-electron chi connectivity index (χ4n) is 3.72. The highest BCUT2D eigenvalue weighted by atomic mass is 19.1. The number of piperazine rings is 1. The van der Waals surface area contributed by atoms with Gasteiger partial charge in [0.1, 0.15) is 5.82 Å². The number of halogens is 1. The van der Waals surface area contributed by atoms with Gasteiger partial charge in [-0.1, -0.05) is 13.0 Å². The van der Waals surface area contributed by atoms with Gasteiger partial charge in [-0.3, -0.25) is 14.4 Å². The van der Waals surface area contributed by atoms with Gasteiger partial charge in [0.15, 0.2) is 0 Å². The molecule has 1 aliphatic rings. The quantitative estimate of drug-likeness (QED) is 0.719. The molecule has 3 rings (SSSR count). The topological polar surface area (TPSA) is 73.0 Å². The molecule has 8 heteroatoms. The Kier molecular flexibility index (Phi) is 7.81. The smallest absolute Gasteiger partial charge is 0.254 e. The molecule has 2 aromatic carbocycles. The maximum atomic E-state index is 13.4. The molecule has 170 valence electrons. The largest absolute Gasteiger partial charge is 0.368 e. The number of hydrogen-bond acceptors (Lipinski definition) is 4. The molecule has 0 bridgehead atoms. The van der Waals surface area contributed by atoms with E-state index in [4.69, 9.17) is 0 Å². The minimum absolute atomic E-state index is 0.0340. The normalized spacial score (nSPS) is 13.6. The molecule has 1 N–H and O–H groups in total. The second-order valence-electron chi connectivity index (χ2n) is 7.83. The zero-order valence-corrected chi connectivity index (χ0v) is 18.5. The molecule has 0 unspecified atom stereocenters. The zero-order chi connectivity index (χ0) is 23.1. The number of rotatable bonds is 7. The molecule has 1 saturated heterocycles. The average molecular weight is 441 g/mol. The van der Waals surface area contributed by atoms with E-state index in [9.17, 15) is 18.8 Å². The van der Waals surface area contributed by atoms with Gasteiger partial charge in [0.2, 0.25) is 11.8 Å². The molecule has 0 aliphatic carbocycles. The van der Waals surface area contributed by atoms with Gasteiger partial charge in [-0.15, -0.1) is 0 Å². The van der Waals surface area contributed by atoms with Gasteiger partial charge in [-0.2, -0.15) is 0 Å². The third-order valence-electron chi connectivity index (χ3n) is 5.43. The van der Waals surface area contributed by atoms with Crippen molar-refractivity contribution in [1.29, 1.82) is 0 Å². The first kappa shape index (κ1) is 23.2. The number of nitrogens with zero attached hydrogens (tertiary/aromatic N) is 3. The SMILES string of the molecule is CCCN(CC(=O)Nc1ccc(N2CCN(C(=O)c3cccc(F)c3)CC2)cc1)C(C)=O. The Morgan fingerprint density at radius 1 is 1.03 bits per heavy atom. The van der Waals surface area contributed by atoms with E-state index < -0.39 is 5.82 Å².